The summed E-state index contributed by atoms with van der Waals surface area (Å²) < 4.78 is 2.40. The Kier molecular flexibility index (Phi) is 6.95. The summed E-state index contributed by atoms with van der Waals surface area (Å²) in [5, 5.41) is 4.61. The van der Waals surface area contributed by atoms with Crippen LogP contribution in [0.2, 0.25) is 0 Å². The first kappa shape index (κ1) is 28.1. The Hall–Kier alpha value is -6.17. The van der Waals surface area contributed by atoms with Crippen molar-refractivity contribution >= 4 is 59.3 Å². The fraction of sp³-hybridized carbons (Fsp3) is 0. The summed E-state index contributed by atoms with van der Waals surface area (Å²) in [6.07, 6.45) is 0. The summed E-state index contributed by atoms with van der Waals surface area (Å²) in [5.41, 5.74) is 6.28. The Morgan fingerprint density at radius 1 is 0.396 bits per heavy atom. The Morgan fingerprint density at radius 2 is 0.979 bits per heavy atom. The molecule has 9 aromatic rings. The van der Waals surface area contributed by atoms with E-state index in [1.54, 1.807) is 11.3 Å². The Morgan fingerprint density at radius 3 is 1.73 bits per heavy atom. The monoisotopic (exact) mass is 632 g/mol. The molecule has 0 atom stereocenters. The zero-order chi connectivity index (χ0) is 31.9. The smallest absolute Gasteiger partial charge is 0.164 e. The maximum Gasteiger partial charge on any atom is 0.164 e. The molecule has 0 saturated heterocycles. The zero-order valence-electron chi connectivity index (χ0n) is 25.9. The lowest BCUT2D eigenvalue weighted by Crippen LogP contribution is -2.09. The molecule has 0 unspecified atom stereocenters. The van der Waals surface area contributed by atoms with Gasteiger partial charge >= 0.3 is 0 Å². The van der Waals surface area contributed by atoms with E-state index in [1.165, 1.54) is 14.8 Å². The van der Waals surface area contributed by atoms with E-state index in [9.17, 15) is 0 Å². The third kappa shape index (κ3) is 4.98. The lowest BCUT2D eigenvalue weighted by molar-refractivity contribution is 1.08. The molecular formula is C43H28N4S. The van der Waals surface area contributed by atoms with Crippen LogP contribution in [0.4, 0.5) is 17.1 Å². The molecule has 0 radical (unpaired) electrons. The van der Waals surface area contributed by atoms with Gasteiger partial charge in [-0.05, 0) is 53.2 Å². The molecule has 2 heterocycles. The van der Waals surface area contributed by atoms with Crippen LogP contribution in [0.5, 0.6) is 0 Å². The molecule has 0 aliphatic carbocycles. The fourth-order valence-electron chi connectivity index (χ4n) is 6.49. The molecule has 2 aromatic heterocycles. The average Bonchev–Trinajstić information content (AvgIpc) is 3.54. The first-order valence-electron chi connectivity index (χ1n) is 16.0. The number of nitrogens with zero attached hydrogens (tertiary/aromatic N) is 4. The minimum absolute atomic E-state index is 0.656. The number of benzene rings is 7. The highest BCUT2D eigenvalue weighted by Gasteiger charge is 2.19. The summed E-state index contributed by atoms with van der Waals surface area (Å²) in [6, 6.07) is 59.1. The van der Waals surface area contributed by atoms with Gasteiger partial charge in [0.05, 0.1) is 0 Å². The summed E-state index contributed by atoms with van der Waals surface area (Å²) in [5.74, 6) is 1.98. The molecule has 0 fully saturated rings. The normalized spacial score (nSPS) is 11.3. The second-order valence-electron chi connectivity index (χ2n) is 11.7. The van der Waals surface area contributed by atoms with E-state index >= 15 is 0 Å². The van der Waals surface area contributed by atoms with Crippen LogP contribution in [0.25, 0.3) is 65.1 Å². The van der Waals surface area contributed by atoms with Gasteiger partial charge in [-0.1, -0.05) is 127 Å². The highest BCUT2D eigenvalue weighted by Crippen LogP contribution is 2.43. The summed E-state index contributed by atoms with van der Waals surface area (Å²) in [4.78, 5) is 17.6. The van der Waals surface area contributed by atoms with Crippen LogP contribution in [0.1, 0.15) is 0 Å². The summed E-state index contributed by atoms with van der Waals surface area (Å²) in [6.45, 7) is 0. The van der Waals surface area contributed by atoms with E-state index in [2.05, 4.69) is 157 Å². The number of aromatic nitrogens is 3. The standard InChI is InChI=1S/C43H28N4S/c1-4-15-30(16-5-1)41-44-42(35-23-12-17-29-14-10-11-22-34(29)35)46-43(45-41)37-24-13-25-38-40(37)36-27-26-33(28-39(36)48-38)47(31-18-6-2-7-19-31)32-20-8-3-9-21-32/h1-28H. The molecule has 4 nitrogen and oxygen atoms in total. The van der Waals surface area contributed by atoms with Crippen LogP contribution in [-0.2, 0) is 0 Å². The molecule has 0 amide bonds. The molecule has 0 bridgehead atoms. The van der Waals surface area contributed by atoms with Gasteiger partial charge in [0.1, 0.15) is 0 Å². The highest BCUT2D eigenvalue weighted by molar-refractivity contribution is 7.26. The van der Waals surface area contributed by atoms with Crippen molar-refractivity contribution in [2.75, 3.05) is 4.90 Å². The van der Waals surface area contributed by atoms with Crippen molar-refractivity contribution in [3.8, 4) is 34.2 Å². The van der Waals surface area contributed by atoms with Crippen LogP contribution < -0.4 is 4.90 Å². The summed E-state index contributed by atoms with van der Waals surface area (Å²) in [7, 11) is 0. The molecule has 5 heteroatoms. The number of rotatable bonds is 6. The molecule has 0 saturated carbocycles. The SMILES string of the molecule is c1ccc(-c2nc(-c3cccc4ccccc34)nc(-c3cccc4sc5cc(N(c6ccccc6)c6ccccc6)ccc5c34)n2)cc1. The van der Waals surface area contributed by atoms with Crippen LogP contribution >= 0.6 is 11.3 Å². The first-order valence-corrected chi connectivity index (χ1v) is 16.8. The zero-order valence-corrected chi connectivity index (χ0v) is 26.7. The third-order valence-electron chi connectivity index (χ3n) is 8.71. The van der Waals surface area contributed by atoms with Gasteiger partial charge in [-0.2, -0.15) is 0 Å². The molecule has 0 N–H and O–H groups in total. The molecule has 9 rings (SSSR count). The van der Waals surface area contributed by atoms with Crippen molar-refractivity contribution in [2.45, 2.75) is 0 Å². The van der Waals surface area contributed by atoms with Crippen molar-refractivity contribution in [2.24, 2.45) is 0 Å². The third-order valence-corrected chi connectivity index (χ3v) is 9.82. The van der Waals surface area contributed by atoms with Crippen molar-refractivity contribution in [1.82, 2.24) is 15.0 Å². The predicted octanol–water partition coefficient (Wildman–Crippen LogP) is 11.9. The minimum atomic E-state index is 0.656. The van der Waals surface area contributed by atoms with E-state index in [-0.39, 0.29) is 0 Å². The molecule has 0 aliphatic rings. The predicted molar refractivity (Wildman–Crippen MR) is 201 cm³/mol. The number of fused-ring (bicyclic) bond motifs is 4. The van der Waals surface area contributed by atoms with E-state index in [1.807, 2.05) is 18.2 Å². The van der Waals surface area contributed by atoms with Crippen molar-refractivity contribution in [3.63, 3.8) is 0 Å². The second kappa shape index (κ2) is 11.9. The van der Waals surface area contributed by atoms with Gasteiger partial charge in [0.15, 0.2) is 17.5 Å². The topological polar surface area (TPSA) is 41.9 Å². The molecule has 0 aliphatic heterocycles. The van der Waals surface area contributed by atoms with E-state index in [0.717, 1.165) is 49.9 Å². The van der Waals surface area contributed by atoms with E-state index < -0.39 is 0 Å². The quantitative estimate of drug-likeness (QED) is 0.183. The number of anilines is 3. The molecule has 0 spiro atoms. The first-order chi connectivity index (χ1) is 23.8. The van der Waals surface area contributed by atoms with Gasteiger partial charge in [0.25, 0.3) is 0 Å². The maximum absolute atomic E-state index is 5.19. The van der Waals surface area contributed by atoms with Crippen LogP contribution in [0.3, 0.4) is 0 Å². The van der Waals surface area contributed by atoms with Crippen LogP contribution in [0, 0.1) is 0 Å². The fourth-order valence-corrected chi connectivity index (χ4v) is 7.66. The highest BCUT2D eigenvalue weighted by atomic mass is 32.1. The maximum atomic E-state index is 5.19. The van der Waals surface area contributed by atoms with Gasteiger partial charge in [-0.25, -0.2) is 15.0 Å². The summed E-state index contributed by atoms with van der Waals surface area (Å²) >= 11 is 1.80. The van der Waals surface area contributed by atoms with Gasteiger partial charge in [0.2, 0.25) is 0 Å². The average molecular weight is 633 g/mol. The lowest BCUT2D eigenvalue weighted by atomic mass is 10.0. The molecule has 48 heavy (non-hydrogen) atoms. The molecule has 7 aromatic carbocycles. The lowest BCUT2D eigenvalue weighted by Gasteiger charge is -2.25. The number of hydrogen-bond acceptors (Lipinski definition) is 5. The van der Waals surface area contributed by atoms with Gasteiger partial charge in [-0.3, -0.25) is 0 Å². The number of thiophene rings is 1. The second-order valence-corrected chi connectivity index (χ2v) is 12.8. The van der Waals surface area contributed by atoms with Crippen molar-refractivity contribution in [3.05, 3.63) is 170 Å². The van der Waals surface area contributed by atoms with E-state index in [4.69, 9.17) is 15.0 Å². The molecular weight excluding hydrogens is 605 g/mol. The largest absolute Gasteiger partial charge is 0.310 e. The minimum Gasteiger partial charge on any atom is -0.310 e. The van der Waals surface area contributed by atoms with Crippen LogP contribution in [-0.4, -0.2) is 15.0 Å². The molecule has 226 valence electrons. The van der Waals surface area contributed by atoms with E-state index in [0.29, 0.717) is 17.5 Å². The van der Waals surface area contributed by atoms with Crippen LogP contribution in [0.15, 0.2) is 170 Å². The van der Waals surface area contributed by atoms with Gasteiger partial charge < -0.3 is 4.90 Å². The van der Waals surface area contributed by atoms with Crippen molar-refractivity contribution < 1.29 is 0 Å². The Bertz CT molecular complexity index is 2520. The number of hydrogen-bond donors (Lipinski definition) is 0. The van der Waals surface area contributed by atoms with Crippen molar-refractivity contribution in [1.29, 1.82) is 0 Å². The van der Waals surface area contributed by atoms with Gasteiger partial charge in [0, 0.05) is 53.9 Å². The van der Waals surface area contributed by atoms with Gasteiger partial charge in [-0.15, -0.1) is 11.3 Å². The Balaban J connectivity index is 1.24. The number of para-hydroxylation sites is 2. The Labute approximate surface area is 282 Å².